The van der Waals surface area contributed by atoms with Crippen LogP contribution in [0, 0.1) is 0 Å². The lowest BCUT2D eigenvalue weighted by Gasteiger charge is -2.13. The van der Waals surface area contributed by atoms with Gasteiger partial charge in [-0.1, -0.05) is 19.1 Å². The van der Waals surface area contributed by atoms with Gasteiger partial charge in [0, 0.05) is 45.2 Å². The number of rotatable bonds is 8. The number of hydrogen-bond acceptors (Lipinski definition) is 4. The Morgan fingerprint density at radius 1 is 1.22 bits per heavy atom. The van der Waals surface area contributed by atoms with Crippen molar-refractivity contribution in [2.24, 2.45) is 4.99 Å². The lowest BCUT2D eigenvalue weighted by atomic mass is 10.1. The summed E-state index contributed by atoms with van der Waals surface area (Å²) in [6.45, 7) is 6.64. The van der Waals surface area contributed by atoms with E-state index in [0.29, 0.717) is 31.2 Å². The van der Waals surface area contributed by atoms with E-state index in [1.54, 1.807) is 13.4 Å². The van der Waals surface area contributed by atoms with Crippen LogP contribution in [0.3, 0.4) is 0 Å². The highest BCUT2D eigenvalue weighted by molar-refractivity contribution is 14.0. The fourth-order valence-corrected chi connectivity index (χ4v) is 2.53. The van der Waals surface area contributed by atoms with Crippen molar-refractivity contribution >= 4 is 35.8 Å². The van der Waals surface area contributed by atoms with Crippen LogP contribution in [-0.4, -0.2) is 46.8 Å². The number of amides is 1. The van der Waals surface area contributed by atoms with E-state index in [9.17, 15) is 4.79 Å². The van der Waals surface area contributed by atoms with Crippen molar-refractivity contribution < 1.29 is 4.79 Å². The average Bonchev–Trinajstić information content (AvgIpc) is 3.12. The predicted octanol–water partition coefficient (Wildman–Crippen LogP) is 1.57. The highest BCUT2D eigenvalue weighted by Crippen LogP contribution is 2.05. The summed E-state index contributed by atoms with van der Waals surface area (Å²) in [4.78, 5) is 16.1. The van der Waals surface area contributed by atoms with Gasteiger partial charge in [0.2, 0.25) is 0 Å². The fraction of sp³-hybridized carbons (Fsp3) is 0.444. The molecule has 0 radical (unpaired) electrons. The molecule has 1 aromatic heterocycles. The SMILES string of the molecule is CCNC(=O)c1cccc(CNC(=NC)NCCn2cnnc2CC)c1.I. The smallest absolute Gasteiger partial charge is 0.251 e. The molecule has 0 spiro atoms. The van der Waals surface area contributed by atoms with Gasteiger partial charge in [-0.2, -0.15) is 0 Å². The summed E-state index contributed by atoms with van der Waals surface area (Å²) in [6.07, 6.45) is 2.60. The van der Waals surface area contributed by atoms with Gasteiger partial charge in [0.05, 0.1) is 0 Å². The molecule has 2 rings (SSSR count). The fourth-order valence-electron chi connectivity index (χ4n) is 2.53. The second kappa shape index (κ2) is 12.3. The van der Waals surface area contributed by atoms with Crippen LogP contribution in [0.25, 0.3) is 0 Å². The van der Waals surface area contributed by atoms with Crippen LogP contribution < -0.4 is 16.0 Å². The van der Waals surface area contributed by atoms with E-state index in [2.05, 4.69) is 38.1 Å². The second-order valence-corrected chi connectivity index (χ2v) is 5.71. The maximum absolute atomic E-state index is 11.9. The largest absolute Gasteiger partial charge is 0.355 e. The maximum atomic E-state index is 11.9. The molecule has 9 heteroatoms. The molecule has 2 aromatic rings. The maximum Gasteiger partial charge on any atom is 0.251 e. The molecule has 0 fully saturated rings. The number of aryl methyl sites for hydroxylation is 1. The molecule has 0 aliphatic rings. The molecule has 3 N–H and O–H groups in total. The van der Waals surface area contributed by atoms with Crippen LogP contribution in [-0.2, 0) is 19.5 Å². The molecular formula is C18H28IN7O. The second-order valence-electron chi connectivity index (χ2n) is 5.71. The minimum Gasteiger partial charge on any atom is -0.355 e. The summed E-state index contributed by atoms with van der Waals surface area (Å²) < 4.78 is 2.02. The van der Waals surface area contributed by atoms with E-state index in [-0.39, 0.29) is 29.9 Å². The highest BCUT2D eigenvalue weighted by atomic mass is 127. The molecule has 0 unspecified atom stereocenters. The van der Waals surface area contributed by atoms with Gasteiger partial charge in [0.1, 0.15) is 12.2 Å². The Morgan fingerprint density at radius 2 is 2.04 bits per heavy atom. The zero-order valence-corrected chi connectivity index (χ0v) is 18.4. The third-order valence-electron chi connectivity index (χ3n) is 3.87. The quantitative estimate of drug-likeness (QED) is 0.300. The summed E-state index contributed by atoms with van der Waals surface area (Å²) in [5, 5.41) is 17.3. The topological polar surface area (TPSA) is 96.2 Å². The van der Waals surface area contributed by atoms with E-state index in [0.717, 1.165) is 24.4 Å². The van der Waals surface area contributed by atoms with E-state index >= 15 is 0 Å². The number of carbonyl (C=O) groups is 1. The number of aliphatic imine (C=N–C) groups is 1. The zero-order valence-electron chi connectivity index (χ0n) is 16.0. The van der Waals surface area contributed by atoms with Crippen LogP contribution in [0.1, 0.15) is 35.6 Å². The van der Waals surface area contributed by atoms with Crippen molar-refractivity contribution in [3.05, 3.63) is 47.5 Å². The molecule has 0 saturated heterocycles. The Labute approximate surface area is 177 Å². The first-order valence-electron chi connectivity index (χ1n) is 8.86. The van der Waals surface area contributed by atoms with E-state index in [1.165, 1.54) is 0 Å². The van der Waals surface area contributed by atoms with Gasteiger partial charge < -0.3 is 20.5 Å². The normalized spacial score (nSPS) is 10.9. The van der Waals surface area contributed by atoms with Gasteiger partial charge in [0.15, 0.2) is 5.96 Å². The molecule has 27 heavy (non-hydrogen) atoms. The highest BCUT2D eigenvalue weighted by Gasteiger charge is 2.06. The number of benzene rings is 1. The minimum absolute atomic E-state index is 0. The van der Waals surface area contributed by atoms with Crippen molar-refractivity contribution in [3.63, 3.8) is 0 Å². The first-order valence-corrected chi connectivity index (χ1v) is 8.86. The number of nitrogens with zero attached hydrogens (tertiary/aromatic N) is 4. The Kier molecular flexibility index (Phi) is 10.4. The molecule has 1 amide bonds. The van der Waals surface area contributed by atoms with Gasteiger partial charge in [-0.05, 0) is 24.6 Å². The molecule has 1 heterocycles. The lowest BCUT2D eigenvalue weighted by molar-refractivity contribution is 0.0955. The molecule has 0 atom stereocenters. The number of halogens is 1. The summed E-state index contributed by atoms with van der Waals surface area (Å²) in [7, 11) is 1.73. The molecule has 0 bridgehead atoms. The van der Waals surface area contributed by atoms with Gasteiger partial charge in [0.25, 0.3) is 5.91 Å². The Balaban J connectivity index is 0.00000364. The first-order chi connectivity index (χ1) is 12.7. The molecule has 0 aliphatic heterocycles. The lowest BCUT2D eigenvalue weighted by Crippen LogP contribution is -2.38. The van der Waals surface area contributed by atoms with Gasteiger partial charge in [-0.3, -0.25) is 9.79 Å². The number of aromatic nitrogens is 3. The Hall–Kier alpha value is -2.17. The molecule has 1 aromatic carbocycles. The number of nitrogens with one attached hydrogen (secondary N) is 3. The van der Waals surface area contributed by atoms with Crippen molar-refractivity contribution in [1.82, 2.24) is 30.7 Å². The number of carbonyl (C=O) groups excluding carboxylic acids is 1. The minimum atomic E-state index is -0.0578. The first kappa shape index (κ1) is 22.9. The molecular weight excluding hydrogens is 457 g/mol. The Morgan fingerprint density at radius 3 is 2.74 bits per heavy atom. The summed E-state index contributed by atoms with van der Waals surface area (Å²) in [5.74, 6) is 1.62. The summed E-state index contributed by atoms with van der Waals surface area (Å²) >= 11 is 0. The number of hydrogen-bond donors (Lipinski definition) is 3. The zero-order chi connectivity index (χ0) is 18.8. The molecule has 8 nitrogen and oxygen atoms in total. The summed E-state index contributed by atoms with van der Waals surface area (Å²) in [5.41, 5.74) is 1.68. The van der Waals surface area contributed by atoms with Crippen LogP contribution in [0.5, 0.6) is 0 Å². The monoisotopic (exact) mass is 485 g/mol. The average molecular weight is 485 g/mol. The van der Waals surface area contributed by atoms with Crippen molar-refractivity contribution in [1.29, 1.82) is 0 Å². The van der Waals surface area contributed by atoms with E-state index < -0.39 is 0 Å². The predicted molar refractivity (Wildman–Crippen MR) is 117 cm³/mol. The van der Waals surface area contributed by atoms with E-state index in [4.69, 9.17) is 0 Å². The molecule has 0 aliphatic carbocycles. The van der Waals surface area contributed by atoms with Gasteiger partial charge in [-0.15, -0.1) is 34.2 Å². The number of guanidine groups is 1. The van der Waals surface area contributed by atoms with Crippen molar-refractivity contribution in [2.75, 3.05) is 20.1 Å². The molecule has 0 saturated carbocycles. The Bertz CT molecular complexity index is 745. The third kappa shape index (κ3) is 7.16. The van der Waals surface area contributed by atoms with E-state index in [1.807, 2.05) is 35.8 Å². The standard InChI is InChI=1S/C18H27N7O.HI/c1-4-16-24-23-13-25(16)10-9-21-18(19-3)22-12-14-7-6-8-15(11-14)17(26)20-5-2;/h6-8,11,13H,4-5,9-10,12H2,1-3H3,(H,20,26)(H2,19,21,22);1H. The van der Waals surface area contributed by atoms with Gasteiger partial charge >= 0.3 is 0 Å². The third-order valence-corrected chi connectivity index (χ3v) is 3.87. The van der Waals surface area contributed by atoms with Gasteiger partial charge in [-0.25, -0.2) is 0 Å². The summed E-state index contributed by atoms with van der Waals surface area (Å²) in [6, 6.07) is 7.56. The van der Waals surface area contributed by atoms with Crippen molar-refractivity contribution in [2.45, 2.75) is 33.4 Å². The molecule has 148 valence electrons. The van der Waals surface area contributed by atoms with Crippen LogP contribution in [0.4, 0.5) is 0 Å². The van der Waals surface area contributed by atoms with Crippen LogP contribution >= 0.6 is 24.0 Å². The van der Waals surface area contributed by atoms with Crippen molar-refractivity contribution in [3.8, 4) is 0 Å². The van der Waals surface area contributed by atoms with Crippen LogP contribution in [0.15, 0.2) is 35.6 Å². The van der Waals surface area contributed by atoms with Crippen LogP contribution in [0.2, 0.25) is 0 Å².